The van der Waals surface area contributed by atoms with Gasteiger partial charge in [0.15, 0.2) is 0 Å². The van der Waals surface area contributed by atoms with E-state index in [1.54, 1.807) is 0 Å². The molecule has 0 radical (unpaired) electrons. The van der Waals surface area contributed by atoms with E-state index in [1.807, 2.05) is 0 Å². The van der Waals surface area contributed by atoms with Crippen molar-refractivity contribution < 1.29 is 5.11 Å². The molecule has 0 saturated carbocycles. The molecular formula is C11H14O. The third kappa shape index (κ3) is 1.05. The summed E-state index contributed by atoms with van der Waals surface area (Å²) < 4.78 is 0. The van der Waals surface area contributed by atoms with Gasteiger partial charge in [-0.15, -0.1) is 0 Å². The molecule has 0 spiro atoms. The van der Waals surface area contributed by atoms with Crippen LogP contribution in [-0.2, 0) is 6.42 Å². The van der Waals surface area contributed by atoms with Crippen LogP contribution >= 0.6 is 0 Å². The third-order valence-corrected chi connectivity index (χ3v) is 2.68. The molecule has 0 aliphatic heterocycles. The summed E-state index contributed by atoms with van der Waals surface area (Å²) in [6.07, 6.45) is 1.74. The molecule has 1 nitrogen and oxygen atoms in total. The van der Waals surface area contributed by atoms with Crippen LogP contribution in [0.3, 0.4) is 0 Å². The molecular weight excluding hydrogens is 148 g/mol. The molecule has 0 unspecified atom stereocenters. The average molecular weight is 162 g/mol. The number of aryl methyl sites for hydroxylation is 2. The van der Waals surface area contributed by atoms with Crippen LogP contribution in [0.25, 0.3) is 0 Å². The van der Waals surface area contributed by atoms with Crippen LogP contribution < -0.4 is 0 Å². The summed E-state index contributed by atoms with van der Waals surface area (Å²) >= 11 is 0. The number of benzene rings is 1. The van der Waals surface area contributed by atoms with Crippen LogP contribution in [0, 0.1) is 13.8 Å². The maximum atomic E-state index is 9.63. The van der Waals surface area contributed by atoms with Crippen LogP contribution in [-0.4, -0.2) is 5.11 Å². The zero-order valence-corrected chi connectivity index (χ0v) is 7.59. The largest absolute Gasteiger partial charge is 0.388 e. The van der Waals surface area contributed by atoms with Gasteiger partial charge in [-0.3, -0.25) is 0 Å². The number of aliphatic hydroxyl groups is 1. The molecule has 0 amide bonds. The number of hydrogen-bond acceptors (Lipinski definition) is 1. The lowest BCUT2D eigenvalue weighted by Gasteiger charge is -2.07. The zero-order chi connectivity index (χ0) is 8.72. The Kier molecular flexibility index (Phi) is 1.69. The SMILES string of the molecule is Cc1cc(C)c2c(c1)[C@@H](O)CC2. The van der Waals surface area contributed by atoms with E-state index in [0.29, 0.717) is 0 Å². The molecule has 1 aromatic rings. The van der Waals surface area contributed by atoms with E-state index < -0.39 is 0 Å². The molecule has 0 saturated heterocycles. The van der Waals surface area contributed by atoms with Gasteiger partial charge in [-0.25, -0.2) is 0 Å². The van der Waals surface area contributed by atoms with E-state index in [-0.39, 0.29) is 6.10 Å². The predicted molar refractivity (Wildman–Crippen MR) is 49.2 cm³/mol. The van der Waals surface area contributed by atoms with Crippen LogP contribution in [0.1, 0.15) is 34.8 Å². The Balaban J connectivity index is 2.60. The lowest BCUT2D eigenvalue weighted by Crippen LogP contribution is -1.92. The molecule has 0 bridgehead atoms. The Morgan fingerprint density at radius 2 is 2.08 bits per heavy atom. The van der Waals surface area contributed by atoms with E-state index >= 15 is 0 Å². The van der Waals surface area contributed by atoms with Crippen molar-refractivity contribution in [3.05, 3.63) is 34.4 Å². The van der Waals surface area contributed by atoms with Crippen LogP contribution in [0.15, 0.2) is 12.1 Å². The quantitative estimate of drug-likeness (QED) is 0.620. The molecule has 0 heterocycles. The minimum absolute atomic E-state index is 0.210. The van der Waals surface area contributed by atoms with E-state index in [1.165, 1.54) is 16.7 Å². The Bertz CT molecular complexity index is 315. The van der Waals surface area contributed by atoms with E-state index in [2.05, 4.69) is 26.0 Å². The fourth-order valence-corrected chi connectivity index (χ4v) is 2.11. The summed E-state index contributed by atoms with van der Waals surface area (Å²) in [5.74, 6) is 0. The van der Waals surface area contributed by atoms with Gasteiger partial charge in [-0.2, -0.15) is 0 Å². The lowest BCUT2D eigenvalue weighted by atomic mass is 10.0. The summed E-state index contributed by atoms with van der Waals surface area (Å²) in [6.45, 7) is 4.21. The van der Waals surface area contributed by atoms with Gasteiger partial charge in [-0.05, 0) is 43.4 Å². The summed E-state index contributed by atoms with van der Waals surface area (Å²) in [5, 5.41) is 9.63. The number of fused-ring (bicyclic) bond motifs is 1. The van der Waals surface area contributed by atoms with Gasteiger partial charge in [0.2, 0.25) is 0 Å². The second-order valence-corrected chi connectivity index (χ2v) is 3.70. The van der Waals surface area contributed by atoms with Gasteiger partial charge >= 0.3 is 0 Å². The van der Waals surface area contributed by atoms with Crippen molar-refractivity contribution in [1.29, 1.82) is 0 Å². The van der Waals surface area contributed by atoms with Crippen molar-refractivity contribution in [2.45, 2.75) is 32.8 Å². The summed E-state index contributed by atoms with van der Waals surface area (Å²) in [5.41, 5.74) is 5.12. The molecule has 1 aliphatic rings. The minimum Gasteiger partial charge on any atom is -0.388 e. The first kappa shape index (κ1) is 7.81. The highest BCUT2D eigenvalue weighted by Crippen LogP contribution is 2.33. The number of rotatable bonds is 0. The third-order valence-electron chi connectivity index (χ3n) is 2.68. The molecule has 12 heavy (non-hydrogen) atoms. The van der Waals surface area contributed by atoms with Crippen molar-refractivity contribution in [3.63, 3.8) is 0 Å². The fourth-order valence-electron chi connectivity index (χ4n) is 2.11. The number of hydrogen-bond donors (Lipinski definition) is 1. The highest BCUT2D eigenvalue weighted by molar-refractivity contribution is 5.42. The predicted octanol–water partition coefficient (Wildman–Crippen LogP) is 2.28. The maximum Gasteiger partial charge on any atom is 0.0796 e. The first-order valence-corrected chi connectivity index (χ1v) is 4.46. The topological polar surface area (TPSA) is 20.2 Å². The highest BCUT2D eigenvalue weighted by Gasteiger charge is 2.21. The second-order valence-electron chi connectivity index (χ2n) is 3.70. The van der Waals surface area contributed by atoms with Gasteiger partial charge in [0.25, 0.3) is 0 Å². The monoisotopic (exact) mass is 162 g/mol. The Hall–Kier alpha value is -0.820. The van der Waals surface area contributed by atoms with Crippen molar-refractivity contribution in [2.75, 3.05) is 0 Å². The lowest BCUT2D eigenvalue weighted by molar-refractivity contribution is 0.180. The van der Waals surface area contributed by atoms with Crippen LogP contribution in [0.5, 0.6) is 0 Å². The normalized spacial score (nSPS) is 21.1. The molecule has 0 aromatic heterocycles. The minimum atomic E-state index is -0.210. The van der Waals surface area contributed by atoms with E-state index in [9.17, 15) is 5.11 Å². The van der Waals surface area contributed by atoms with Crippen LogP contribution in [0.2, 0.25) is 0 Å². The molecule has 2 rings (SSSR count). The van der Waals surface area contributed by atoms with Gasteiger partial charge in [-0.1, -0.05) is 17.7 Å². The summed E-state index contributed by atoms with van der Waals surface area (Å²) in [7, 11) is 0. The van der Waals surface area contributed by atoms with Crippen molar-refractivity contribution in [1.82, 2.24) is 0 Å². The molecule has 1 aromatic carbocycles. The van der Waals surface area contributed by atoms with Crippen LogP contribution in [0.4, 0.5) is 0 Å². The smallest absolute Gasteiger partial charge is 0.0796 e. The second kappa shape index (κ2) is 2.60. The number of aliphatic hydroxyl groups excluding tert-OH is 1. The average Bonchev–Trinajstić information content (AvgIpc) is 2.33. The molecule has 1 aliphatic carbocycles. The fraction of sp³-hybridized carbons (Fsp3) is 0.455. The van der Waals surface area contributed by atoms with Crippen molar-refractivity contribution in [2.24, 2.45) is 0 Å². The molecule has 1 atom stereocenters. The molecule has 1 N–H and O–H groups in total. The Morgan fingerprint density at radius 1 is 1.33 bits per heavy atom. The van der Waals surface area contributed by atoms with Gasteiger partial charge in [0.1, 0.15) is 0 Å². The summed E-state index contributed by atoms with van der Waals surface area (Å²) in [4.78, 5) is 0. The molecule has 1 heteroatoms. The Labute approximate surface area is 73.0 Å². The van der Waals surface area contributed by atoms with Crippen molar-refractivity contribution in [3.8, 4) is 0 Å². The van der Waals surface area contributed by atoms with Gasteiger partial charge < -0.3 is 5.11 Å². The van der Waals surface area contributed by atoms with Crippen molar-refractivity contribution >= 4 is 0 Å². The summed E-state index contributed by atoms with van der Waals surface area (Å²) in [6, 6.07) is 4.30. The maximum absolute atomic E-state index is 9.63. The molecule has 0 fully saturated rings. The van der Waals surface area contributed by atoms with E-state index in [0.717, 1.165) is 18.4 Å². The van der Waals surface area contributed by atoms with Gasteiger partial charge in [0.05, 0.1) is 6.10 Å². The van der Waals surface area contributed by atoms with E-state index in [4.69, 9.17) is 0 Å². The van der Waals surface area contributed by atoms with Gasteiger partial charge in [0, 0.05) is 0 Å². The standard InChI is InChI=1S/C11H14O/c1-7-5-8(2)9-3-4-11(12)10(9)6-7/h5-6,11-12H,3-4H2,1-2H3/t11-/m0/s1. The highest BCUT2D eigenvalue weighted by atomic mass is 16.3. The zero-order valence-electron chi connectivity index (χ0n) is 7.59. The first-order chi connectivity index (χ1) is 5.68. The Morgan fingerprint density at radius 3 is 2.83 bits per heavy atom. The first-order valence-electron chi connectivity index (χ1n) is 4.46. The molecule has 64 valence electrons.